The molecule has 4 aliphatic carbocycles. The Labute approximate surface area is 356 Å². The number of hydrogen-bond donors (Lipinski definition) is 0. The average molecular weight is 819 g/mol. The molecule has 6 rings (SSSR count). The molecule has 4 fully saturated rings. The van der Waals surface area contributed by atoms with E-state index in [1.807, 2.05) is 0 Å². The summed E-state index contributed by atoms with van der Waals surface area (Å²) < 4.78 is 66.7. The van der Waals surface area contributed by atoms with Crippen LogP contribution in [0, 0.1) is 58.8 Å². The minimum atomic E-state index is -0.513. The molecule has 1 nitrogen and oxygen atoms in total. The van der Waals surface area contributed by atoms with Gasteiger partial charge in [0.1, 0.15) is 23.3 Å². The first-order chi connectivity index (χ1) is 28.8. The van der Waals surface area contributed by atoms with Gasteiger partial charge in [-0.15, -0.1) is 0 Å². The molecule has 0 saturated heterocycles. The fourth-order valence-corrected chi connectivity index (χ4v) is 11.4. The van der Waals surface area contributed by atoms with Gasteiger partial charge in [0.25, 0.3) is 0 Å². The number of hydrogen-bond acceptors (Lipinski definition) is 1. The van der Waals surface area contributed by atoms with Crippen LogP contribution in [0.1, 0.15) is 202 Å². The van der Waals surface area contributed by atoms with Crippen LogP contribution < -0.4 is 0 Å². The summed E-state index contributed by atoms with van der Waals surface area (Å²) in [6.45, 7) is 4.66. The summed E-state index contributed by atoms with van der Waals surface area (Å²) in [4.78, 5) is 0. The molecule has 59 heavy (non-hydrogen) atoms. The van der Waals surface area contributed by atoms with Crippen molar-refractivity contribution in [1.82, 2.24) is 0 Å². The molecule has 5 heteroatoms. The second-order valence-corrected chi connectivity index (χ2v) is 19.6. The maximum absolute atomic E-state index is 15.2. The van der Waals surface area contributed by atoms with Crippen molar-refractivity contribution in [2.75, 3.05) is 13.2 Å². The van der Waals surface area contributed by atoms with Gasteiger partial charge in [0.2, 0.25) is 0 Å². The Morgan fingerprint density at radius 1 is 0.458 bits per heavy atom. The molecule has 0 unspecified atom stereocenters. The predicted octanol–water partition coefficient (Wildman–Crippen LogP) is 16.5. The molecule has 0 bridgehead atoms. The van der Waals surface area contributed by atoms with Crippen LogP contribution >= 0.6 is 0 Å². The van der Waals surface area contributed by atoms with E-state index in [0.717, 1.165) is 98.0 Å². The zero-order valence-electron chi connectivity index (χ0n) is 37.0. The lowest BCUT2D eigenvalue weighted by Crippen LogP contribution is -2.17. The van der Waals surface area contributed by atoms with Crippen LogP contribution in [-0.2, 0) is 17.6 Å². The SMILES string of the molecule is CCC/C=C/C1CCC(CCC2CCC(c3cc(F)c(CCOCCc4c(F)cc(C5CCC(CCC6CCC(/C=C/CCC)CC6)CC5)cc4F)c(F)c3)CC2)CC1. The van der Waals surface area contributed by atoms with Crippen molar-refractivity contribution >= 4 is 0 Å². The minimum absolute atomic E-state index is 0.0346. The molecule has 0 aliphatic heterocycles. The van der Waals surface area contributed by atoms with Gasteiger partial charge in [-0.05, 0) is 198 Å². The molecule has 2 aromatic carbocycles. The van der Waals surface area contributed by atoms with Gasteiger partial charge in [-0.2, -0.15) is 0 Å². The smallest absolute Gasteiger partial charge is 0.129 e. The average Bonchev–Trinajstić information content (AvgIpc) is 3.25. The van der Waals surface area contributed by atoms with Crippen molar-refractivity contribution in [3.05, 3.63) is 94.1 Å². The van der Waals surface area contributed by atoms with Crippen molar-refractivity contribution in [1.29, 1.82) is 0 Å². The van der Waals surface area contributed by atoms with Gasteiger partial charge in [-0.1, -0.05) is 76.7 Å². The number of ether oxygens (including phenoxy) is 1. The molecule has 0 atom stereocenters. The van der Waals surface area contributed by atoms with E-state index in [9.17, 15) is 0 Å². The van der Waals surface area contributed by atoms with Crippen molar-refractivity contribution in [3.8, 4) is 0 Å². The third-order valence-electron chi connectivity index (χ3n) is 15.4. The van der Waals surface area contributed by atoms with Crippen molar-refractivity contribution in [3.63, 3.8) is 0 Å². The highest BCUT2D eigenvalue weighted by Crippen LogP contribution is 2.42. The molecule has 2 aromatic rings. The molecule has 328 valence electrons. The van der Waals surface area contributed by atoms with Gasteiger partial charge in [-0.3, -0.25) is 0 Å². The maximum Gasteiger partial charge on any atom is 0.129 e. The van der Waals surface area contributed by atoms with E-state index >= 15 is 17.6 Å². The van der Waals surface area contributed by atoms with E-state index in [4.69, 9.17) is 4.74 Å². The van der Waals surface area contributed by atoms with E-state index in [-0.39, 0.29) is 49.0 Å². The van der Waals surface area contributed by atoms with E-state index < -0.39 is 23.3 Å². The highest BCUT2D eigenvalue weighted by molar-refractivity contribution is 5.30. The summed E-state index contributed by atoms with van der Waals surface area (Å²) in [6, 6.07) is 6.15. The Morgan fingerprint density at radius 3 is 1.07 bits per heavy atom. The lowest BCUT2D eigenvalue weighted by Gasteiger charge is -2.31. The van der Waals surface area contributed by atoms with Gasteiger partial charge >= 0.3 is 0 Å². The Morgan fingerprint density at radius 2 is 0.763 bits per heavy atom. The molecular formula is C54H78F4O. The highest BCUT2D eigenvalue weighted by Gasteiger charge is 2.28. The highest BCUT2D eigenvalue weighted by atomic mass is 19.1. The molecule has 4 aliphatic rings. The Kier molecular flexibility index (Phi) is 19.0. The monoisotopic (exact) mass is 819 g/mol. The van der Waals surface area contributed by atoms with E-state index in [1.54, 1.807) is 0 Å². The number of rotatable bonds is 20. The van der Waals surface area contributed by atoms with Crippen LogP contribution in [0.25, 0.3) is 0 Å². The van der Waals surface area contributed by atoms with Gasteiger partial charge in [0.05, 0.1) is 13.2 Å². The molecule has 0 aromatic heterocycles. The minimum Gasteiger partial charge on any atom is -0.381 e. The van der Waals surface area contributed by atoms with Crippen LogP contribution in [0.5, 0.6) is 0 Å². The molecule has 0 spiro atoms. The van der Waals surface area contributed by atoms with Crippen LogP contribution in [0.15, 0.2) is 48.6 Å². The molecule has 0 heterocycles. The van der Waals surface area contributed by atoms with Crippen molar-refractivity contribution in [2.24, 2.45) is 35.5 Å². The summed E-state index contributed by atoms with van der Waals surface area (Å²) in [6.07, 6.45) is 39.3. The fraction of sp³-hybridized carbons (Fsp3) is 0.704. The first-order valence-electron chi connectivity index (χ1n) is 24.7. The number of allylic oxidation sites excluding steroid dienone is 4. The van der Waals surface area contributed by atoms with Crippen molar-refractivity contribution in [2.45, 2.75) is 193 Å². The van der Waals surface area contributed by atoms with Crippen LogP contribution in [0.3, 0.4) is 0 Å². The Hall–Kier alpha value is -2.40. The molecule has 0 N–H and O–H groups in total. The first-order valence-corrected chi connectivity index (χ1v) is 24.7. The van der Waals surface area contributed by atoms with Crippen LogP contribution in [0.4, 0.5) is 17.6 Å². The maximum atomic E-state index is 15.2. The predicted molar refractivity (Wildman–Crippen MR) is 238 cm³/mol. The summed E-state index contributed by atoms with van der Waals surface area (Å²) in [5.41, 5.74) is 1.62. The fourth-order valence-electron chi connectivity index (χ4n) is 11.4. The quantitative estimate of drug-likeness (QED) is 0.0735. The zero-order valence-corrected chi connectivity index (χ0v) is 37.0. The van der Waals surface area contributed by atoms with E-state index in [2.05, 4.69) is 38.2 Å². The number of halogens is 4. The van der Waals surface area contributed by atoms with Gasteiger partial charge in [0.15, 0.2) is 0 Å². The summed E-state index contributed by atoms with van der Waals surface area (Å²) in [5, 5.41) is 0. The largest absolute Gasteiger partial charge is 0.381 e. The number of unbranched alkanes of at least 4 members (excludes halogenated alkanes) is 2. The standard InChI is InChI=1S/C54H78F4O/c1-3-5-7-9-39-11-15-41(16-12-39)19-21-43-23-27-45(28-24-43)47-35-51(55)49(52(56)36-47)31-33-59-34-32-50-53(57)37-48(38-54(50)58)46-29-25-44(26-30-46)22-20-42-17-13-40(14-18-42)10-8-6-4-2/h7-10,35-46H,3-6,11-34H2,1-2H3/b9-7+,10-8+. The van der Waals surface area contributed by atoms with E-state index in [0.29, 0.717) is 0 Å². The lowest BCUT2D eigenvalue weighted by molar-refractivity contribution is 0.137. The normalized spacial score (nSPS) is 28.2. The Balaban J connectivity index is 0.853. The summed E-state index contributed by atoms with van der Waals surface area (Å²) >= 11 is 0. The second kappa shape index (κ2) is 24.3. The third-order valence-corrected chi connectivity index (χ3v) is 15.4. The molecular weight excluding hydrogens is 741 g/mol. The zero-order chi connectivity index (χ0) is 41.4. The van der Waals surface area contributed by atoms with E-state index in [1.165, 1.54) is 127 Å². The van der Waals surface area contributed by atoms with Gasteiger partial charge in [0, 0.05) is 24.0 Å². The molecule has 0 radical (unpaired) electrons. The lowest BCUT2D eigenvalue weighted by atomic mass is 9.74. The summed E-state index contributed by atoms with van der Waals surface area (Å²) in [5.74, 6) is 3.13. The topological polar surface area (TPSA) is 9.23 Å². The number of benzene rings is 2. The molecule has 4 saturated carbocycles. The van der Waals surface area contributed by atoms with Gasteiger partial charge < -0.3 is 4.74 Å². The van der Waals surface area contributed by atoms with Crippen molar-refractivity contribution < 1.29 is 22.3 Å². The Bertz CT molecular complexity index is 1420. The van der Waals surface area contributed by atoms with Gasteiger partial charge in [-0.25, -0.2) is 17.6 Å². The first kappa shape index (κ1) is 46.1. The molecule has 0 amide bonds. The van der Waals surface area contributed by atoms with Crippen LogP contribution in [0.2, 0.25) is 0 Å². The van der Waals surface area contributed by atoms with Crippen LogP contribution in [-0.4, -0.2) is 13.2 Å². The third kappa shape index (κ3) is 14.3. The second-order valence-electron chi connectivity index (χ2n) is 19.6. The summed E-state index contributed by atoms with van der Waals surface area (Å²) in [7, 11) is 0.